The lowest BCUT2D eigenvalue weighted by Crippen LogP contribution is -2.34. The molecule has 4 rings (SSSR count). The molecule has 2 aromatic rings. The molecule has 1 fully saturated rings. The number of rotatable bonds is 6. The lowest BCUT2D eigenvalue weighted by molar-refractivity contribution is 0.118. The zero-order chi connectivity index (χ0) is 19.7. The third-order valence-corrected chi connectivity index (χ3v) is 5.67. The van der Waals surface area contributed by atoms with E-state index < -0.39 is 0 Å². The van der Waals surface area contributed by atoms with Gasteiger partial charge < -0.3 is 9.64 Å². The fraction of sp³-hybridized carbons (Fsp3) is 0.524. The van der Waals surface area contributed by atoms with Gasteiger partial charge in [0.25, 0.3) is 0 Å². The Morgan fingerprint density at radius 3 is 2.89 bits per heavy atom. The highest BCUT2D eigenvalue weighted by molar-refractivity contribution is 5.67. The normalized spacial score (nSPS) is 16.7. The quantitative estimate of drug-likeness (QED) is 0.764. The molecule has 150 valence electrons. The highest BCUT2D eigenvalue weighted by atomic mass is 19.1. The highest BCUT2D eigenvalue weighted by Crippen LogP contribution is 2.31. The Labute approximate surface area is 164 Å². The maximum Gasteiger partial charge on any atom is 0.409 e. The van der Waals surface area contributed by atoms with Crippen molar-refractivity contribution in [2.24, 2.45) is 5.92 Å². The topological polar surface area (TPSA) is 50.6 Å². The molecule has 7 heteroatoms. The summed E-state index contributed by atoms with van der Waals surface area (Å²) in [5, 5.41) is 4.83. The number of hydrogen-bond donors (Lipinski definition) is 0. The number of aromatic nitrogens is 2. The van der Waals surface area contributed by atoms with Gasteiger partial charge in [-0.05, 0) is 43.5 Å². The number of fused-ring (bicyclic) bond motifs is 1. The van der Waals surface area contributed by atoms with Crippen LogP contribution in [-0.2, 0) is 24.2 Å². The summed E-state index contributed by atoms with van der Waals surface area (Å²) in [5.41, 5.74) is 3.87. The Balaban J connectivity index is 1.70. The van der Waals surface area contributed by atoms with Crippen LogP contribution < -0.4 is 0 Å². The minimum atomic E-state index is -0.316. The van der Waals surface area contributed by atoms with Crippen LogP contribution in [0.15, 0.2) is 24.3 Å². The second-order valence-corrected chi connectivity index (χ2v) is 7.68. The van der Waals surface area contributed by atoms with E-state index in [1.54, 1.807) is 11.0 Å². The highest BCUT2D eigenvalue weighted by Gasteiger charge is 2.31. The largest absolute Gasteiger partial charge is 0.453 e. The monoisotopic (exact) mass is 386 g/mol. The van der Waals surface area contributed by atoms with E-state index in [-0.39, 0.29) is 11.9 Å². The molecule has 6 nitrogen and oxygen atoms in total. The van der Waals surface area contributed by atoms with Crippen LogP contribution in [0, 0.1) is 11.7 Å². The van der Waals surface area contributed by atoms with Crippen molar-refractivity contribution in [2.45, 2.75) is 39.3 Å². The first-order valence-corrected chi connectivity index (χ1v) is 9.99. The standard InChI is InChI=1S/C21H27FN4O2/c1-3-24-10-9-20-18(13-24)19(14-25(21(27)28-2)12-15-7-8-15)23-26(20)17-6-4-5-16(22)11-17/h4-6,11,15H,3,7-10,12-14H2,1-2H3. The Bertz CT molecular complexity index is 862. The number of carbonyl (C=O) groups is 1. The molecule has 1 saturated carbocycles. The van der Waals surface area contributed by atoms with E-state index >= 15 is 0 Å². The molecule has 28 heavy (non-hydrogen) atoms. The fourth-order valence-electron chi connectivity index (χ4n) is 3.89. The third kappa shape index (κ3) is 3.90. The molecule has 0 atom stereocenters. The van der Waals surface area contributed by atoms with Gasteiger partial charge in [-0.15, -0.1) is 0 Å². The predicted octanol–water partition coefficient (Wildman–Crippen LogP) is 3.37. The van der Waals surface area contributed by atoms with Crippen LogP contribution in [0.1, 0.15) is 36.7 Å². The molecular formula is C21H27FN4O2. The second kappa shape index (κ2) is 7.91. The number of ether oxygens (including phenoxy) is 1. The molecule has 1 amide bonds. The molecule has 1 aliphatic carbocycles. The van der Waals surface area contributed by atoms with Crippen molar-refractivity contribution < 1.29 is 13.9 Å². The van der Waals surface area contributed by atoms with E-state index in [9.17, 15) is 9.18 Å². The summed E-state index contributed by atoms with van der Waals surface area (Å²) in [4.78, 5) is 16.4. The summed E-state index contributed by atoms with van der Waals surface area (Å²) in [6.45, 7) is 5.99. The summed E-state index contributed by atoms with van der Waals surface area (Å²) in [7, 11) is 1.42. The molecule has 0 N–H and O–H groups in total. The van der Waals surface area contributed by atoms with Crippen molar-refractivity contribution in [3.8, 4) is 5.69 Å². The first-order chi connectivity index (χ1) is 13.6. The Morgan fingerprint density at radius 1 is 1.39 bits per heavy atom. The van der Waals surface area contributed by atoms with Gasteiger partial charge in [0.2, 0.25) is 0 Å². The first kappa shape index (κ1) is 18.9. The van der Waals surface area contributed by atoms with Gasteiger partial charge in [-0.1, -0.05) is 13.0 Å². The zero-order valence-corrected chi connectivity index (χ0v) is 16.5. The van der Waals surface area contributed by atoms with Gasteiger partial charge in [0.05, 0.1) is 30.7 Å². The van der Waals surface area contributed by atoms with Crippen LogP contribution in [0.2, 0.25) is 0 Å². The summed E-state index contributed by atoms with van der Waals surface area (Å²) < 4.78 is 20.7. The smallest absolute Gasteiger partial charge is 0.409 e. The van der Waals surface area contributed by atoms with E-state index in [1.807, 2.05) is 10.7 Å². The van der Waals surface area contributed by atoms with Gasteiger partial charge in [0.15, 0.2) is 0 Å². The van der Waals surface area contributed by atoms with Crippen LogP contribution in [0.5, 0.6) is 0 Å². The van der Waals surface area contributed by atoms with Crippen LogP contribution in [-0.4, -0.2) is 52.4 Å². The van der Waals surface area contributed by atoms with E-state index in [0.29, 0.717) is 19.0 Å². The van der Waals surface area contributed by atoms with Crippen molar-refractivity contribution in [1.29, 1.82) is 0 Å². The van der Waals surface area contributed by atoms with Crippen LogP contribution in [0.25, 0.3) is 5.69 Å². The van der Waals surface area contributed by atoms with Gasteiger partial charge >= 0.3 is 6.09 Å². The Kier molecular flexibility index (Phi) is 5.35. The number of hydrogen-bond acceptors (Lipinski definition) is 4. The average Bonchev–Trinajstić information content (AvgIpc) is 3.46. The molecule has 1 aliphatic heterocycles. The number of nitrogens with zero attached hydrogens (tertiary/aromatic N) is 4. The number of methoxy groups -OCH3 is 1. The van der Waals surface area contributed by atoms with Gasteiger partial charge in [0, 0.05) is 31.6 Å². The molecular weight excluding hydrogens is 359 g/mol. The molecule has 2 aliphatic rings. The molecule has 2 heterocycles. The Hall–Kier alpha value is -2.41. The molecule has 0 saturated heterocycles. The fourth-order valence-corrected chi connectivity index (χ4v) is 3.89. The van der Waals surface area contributed by atoms with Crippen molar-refractivity contribution in [1.82, 2.24) is 19.6 Å². The number of halogens is 1. The summed E-state index contributed by atoms with van der Waals surface area (Å²) in [6, 6.07) is 6.52. The van der Waals surface area contributed by atoms with Crippen molar-refractivity contribution >= 4 is 6.09 Å². The van der Waals surface area contributed by atoms with Gasteiger partial charge in [0.1, 0.15) is 5.82 Å². The minimum Gasteiger partial charge on any atom is -0.453 e. The first-order valence-electron chi connectivity index (χ1n) is 9.99. The summed E-state index contributed by atoms with van der Waals surface area (Å²) in [6.07, 6.45) is 2.86. The zero-order valence-electron chi connectivity index (χ0n) is 16.5. The molecule has 0 spiro atoms. The number of amides is 1. The average molecular weight is 386 g/mol. The van der Waals surface area contributed by atoms with E-state index in [4.69, 9.17) is 9.84 Å². The molecule has 1 aromatic carbocycles. The van der Waals surface area contributed by atoms with Crippen LogP contribution >= 0.6 is 0 Å². The number of likely N-dealkylation sites (N-methyl/N-ethyl adjacent to an activating group) is 1. The second-order valence-electron chi connectivity index (χ2n) is 7.68. The maximum absolute atomic E-state index is 13.8. The maximum atomic E-state index is 13.8. The third-order valence-electron chi connectivity index (χ3n) is 5.67. The SMILES string of the molecule is CCN1CCc2c(c(CN(CC3CC3)C(=O)OC)nn2-c2cccc(F)c2)C1. The molecule has 0 unspecified atom stereocenters. The van der Waals surface area contributed by atoms with E-state index in [1.165, 1.54) is 19.2 Å². The number of benzene rings is 1. The minimum absolute atomic E-state index is 0.279. The van der Waals surface area contributed by atoms with Crippen LogP contribution in [0.3, 0.4) is 0 Å². The predicted molar refractivity (Wildman–Crippen MR) is 104 cm³/mol. The lowest BCUT2D eigenvalue weighted by Gasteiger charge is -2.27. The molecule has 0 bridgehead atoms. The van der Waals surface area contributed by atoms with Gasteiger partial charge in [-0.2, -0.15) is 5.10 Å². The van der Waals surface area contributed by atoms with Crippen molar-refractivity contribution in [3.05, 3.63) is 47.0 Å². The molecule has 1 aromatic heterocycles. The summed E-state index contributed by atoms with van der Waals surface area (Å²) >= 11 is 0. The van der Waals surface area contributed by atoms with E-state index in [2.05, 4.69) is 11.8 Å². The van der Waals surface area contributed by atoms with E-state index in [0.717, 1.165) is 61.5 Å². The Morgan fingerprint density at radius 2 is 2.21 bits per heavy atom. The molecule has 0 radical (unpaired) electrons. The summed E-state index contributed by atoms with van der Waals surface area (Å²) in [5.74, 6) is 0.284. The lowest BCUT2D eigenvalue weighted by atomic mass is 10.0. The van der Waals surface area contributed by atoms with Crippen LogP contribution in [0.4, 0.5) is 9.18 Å². The van der Waals surface area contributed by atoms with Crippen molar-refractivity contribution in [3.63, 3.8) is 0 Å². The number of carbonyl (C=O) groups excluding carboxylic acids is 1. The van der Waals surface area contributed by atoms with Gasteiger partial charge in [-0.25, -0.2) is 13.9 Å². The van der Waals surface area contributed by atoms with Gasteiger partial charge in [-0.3, -0.25) is 4.90 Å². The van der Waals surface area contributed by atoms with Crippen molar-refractivity contribution in [2.75, 3.05) is 26.7 Å².